The average molecular weight is 199 g/mol. The van der Waals surface area contributed by atoms with Crippen LogP contribution < -0.4 is 5.73 Å². The van der Waals surface area contributed by atoms with Gasteiger partial charge >= 0.3 is 0 Å². The van der Waals surface area contributed by atoms with Gasteiger partial charge in [-0.05, 0) is 31.5 Å². The molecule has 0 heterocycles. The number of rotatable bonds is 3. The molecule has 0 aliphatic heterocycles. The van der Waals surface area contributed by atoms with Crippen molar-refractivity contribution in [3.63, 3.8) is 0 Å². The molecule has 3 heteroatoms. The SMILES string of the molecule is CC(C)(N)C(F)Cc1ccc(F)cc1. The Hall–Kier alpha value is -0.960. The number of halogens is 2. The molecule has 0 spiro atoms. The molecule has 0 amide bonds. The molecule has 0 fully saturated rings. The summed E-state index contributed by atoms with van der Waals surface area (Å²) >= 11 is 0. The minimum Gasteiger partial charge on any atom is -0.323 e. The molecule has 0 aromatic heterocycles. The molecule has 1 atom stereocenters. The molecule has 0 saturated heterocycles. The molecule has 0 bridgehead atoms. The second-order valence-corrected chi connectivity index (χ2v) is 4.12. The first-order chi connectivity index (χ1) is 6.39. The minimum absolute atomic E-state index is 0.226. The summed E-state index contributed by atoms with van der Waals surface area (Å²) in [6, 6.07) is 5.80. The van der Waals surface area contributed by atoms with E-state index in [-0.39, 0.29) is 12.2 Å². The lowest BCUT2D eigenvalue weighted by Crippen LogP contribution is -2.43. The number of alkyl halides is 1. The molecule has 1 nitrogen and oxygen atoms in total. The van der Waals surface area contributed by atoms with Gasteiger partial charge in [0.1, 0.15) is 12.0 Å². The minimum atomic E-state index is -1.12. The lowest BCUT2D eigenvalue weighted by molar-refractivity contribution is 0.218. The molecular formula is C11H15F2N. The normalized spacial score (nSPS) is 14.1. The Kier molecular flexibility index (Phi) is 3.21. The van der Waals surface area contributed by atoms with Gasteiger partial charge in [-0.15, -0.1) is 0 Å². The first kappa shape index (κ1) is 11.1. The number of hydrogen-bond acceptors (Lipinski definition) is 1. The second-order valence-electron chi connectivity index (χ2n) is 4.12. The summed E-state index contributed by atoms with van der Waals surface area (Å²) in [5.41, 5.74) is 5.52. The summed E-state index contributed by atoms with van der Waals surface area (Å²) in [5.74, 6) is -0.309. The van der Waals surface area contributed by atoms with Gasteiger partial charge in [-0.2, -0.15) is 0 Å². The first-order valence-electron chi connectivity index (χ1n) is 4.57. The highest BCUT2D eigenvalue weighted by molar-refractivity contribution is 5.17. The van der Waals surface area contributed by atoms with Gasteiger partial charge in [0.05, 0.1) is 0 Å². The van der Waals surface area contributed by atoms with E-state index in [0.717, 1.165) is 5.56 Å². The van der Waals surface area contributed by atoms with Crippen molar-refractivity contribution in [1.29, 1.82) is 0 Å². The van der Waals surface area contributed by atoms with Crippen LogP contribution in [0, 0.1) is 5.82 Å². The lowest BCUT2D eigenvalue weighted by atomic mass is 9.94. The maximum atomic E-state index is 13.5. The Bertz CT molecular complexity index is 287. The van der Waals surface area contributed by atoms with Crippen molar-refractivity contribution < 1.29 is 8.78 Å². The molecule has 2 N–H and O–H groups in total. The van der Waals surface area contributed by atoms with Crippen LogP contribution >= 0.6 is 0 Å². The van der Waals surface area contributed by atoms with E-state index in [1.54, 1.807) is 26.0 Å². The smallest absolute Gasteiger partial charge is 0.123 e. The predicted octanol–water partition coefficient (Wildman–Crippen LogP) is 2.44. The van der Waals surface area contributed by atoms with E-state index in [1.807, 2.05) is 0 Å². The van der Waals surface area contributed by atoms with Crippen molar-refractivity contribution in [2.45, 2.75) is 32.0 Å². The third-order valence-corrected chi connectivity index (χ3v) is 2.14. The van der Waals surface area contributed by atoms with Crippen molar-refractivity contribution in [2.75, 3.05) is 0 Å². The molecule has 1 unspecified atom stereocenters. The van der Waals surface area contributed by atoms with Crippen LogP contribution in [-0.2, 0) is 6.42 Å². The van der Waals surface area contributed by atoms with Crippen LogP contribution in [0.3, 0.4) is 0 Å². The molecule has 14 heavy (non-hydrogen) atoms. The van der Waals surface area contributed by atoms with Crippen molar-refractivity contribution >= 4 is 0 Å². The van der Waals surface area contributed by atoms with Crippen molar-refractivity contribution in [2.24, 2.45) is 5.73 Å². The van der Waals surface area contributed by atoms with Gasteiger partial charge < -0.3 is 5.73 Å². The van der Waals surface area contributed by atoms with E-state index < -0.39 is 11.7 Å². The third-order valence-electron chi connectivity index (χ3n) is 2.14. The highest BCUT2D eigenvalue weighted by Gasteiger charge is 2.24. The summed E-state index contributed by atoms with van der Waals surface area (Å²) in [7, 11) is 0. The molecular weight excluding hydrogens is 184 g/mol. The third kappa shape index (κ3) is 3.07. The zero-order chi connectivity index (χ0) is 10.8. The molecule has 1 rings (SSSR count). The van der Waals surface area contributed by atoms with E-state index in [1.165, 1.54) is 12.1 Å². The fourth-order valence-electron chi connectivity index (χ4n) is 1.09. The van der Waals surface area contributed by atoms with E-state index in [2.05, 4.69) is 0 Å². The highest BCUT2D eigenvalue weighted by Crippen LogP contribution is 2.15. The van der Waals surface area contributed by atoms with Gasteiger partial charge in [0.15, 0.2) is 0 Å². The number of nitrogens with two attached hydrogens (primary N) is 1. The van der Waals surface area contributed by atoms with Crippen LogP contribution in [-0.4, -0.2) is 11.7 Å². The van der Waals surface area contributed by atoms with Crippen molar-refractivity contribution in [3.05, 3.63) is 35.6 Å². The Balaban J connectivity index is 2.65. The largest absolute Gasteiger partial charge is 0.323 e. The maximum absolute atomic E-state index is 13.5. The van der Waals surface area contributed by atoms with Gasteiger partial charge in [0.2, 0.25) is 0 Å². The first-order valence-corrected chi connectivity index (χ1v) is 4.57. The van der Waals surface area contributed by atoms with Gasteiger partial charge in [-0.25, -0.2) is 8.78 Å². The van der Waals surface area contributed by atoms with Crippen molar-refractivity contribution in [1.82, 2.24) is 0 Å². The van der Waals surface area contributed by atoms with Gasteiger partial charge in [0.25, 0.3) is 0 Å². The monoisotopic (exact) mass is 199 g/mol. The molecule has 0 aliphatic carbocycles. The maximum Gasteiger partial charge on any atom is 0.123 e. The Morgan fingerprint density at radius 1 is 1.29 bits per heavy atom. The Labute approximate surface area is 82.9 Å². The van der Waals surface area contributed by atoms with E-state index in [0.29, 0.717) is 0 Å². The summed E-state index contributed by atoms with van der Waals surface area (Å²) < 4.78 is 26.0. The molecule has 0 saturated carbocycles. The predicted molar refractivity (Wildman–Crippen MR) is 53.3 cm³/mol. The highest BCUT2D eigenvalue weighted by atomic mass is 19.1. The summed E-state index contributed by atoms with van der Waals surface area (Å²) in [5, 5.41) is 0. The summed E-state index contributed by atoms with van der Waals surface area (Å²) in [4.78, 5) is 0. The van der Waals surface area contributed by atoms with Crippen LogP contribution in [0.5, 0.6) is 0 Å². The second kappa shape index (κ2) is 4.05. The number of hydrogen-bond donors (Lipinski definition) is 1. The molecule has 1 aromatic rings. The summed E-state index contributed by atoms with van der Waals surface area (Å²) in [6.45, 7) is 3.28. The Morgan fingerprint density at radius 3 is 2.21 bits per heavy atom. The fourth-order valence-corrected chi connectivity index (χ4v) is 1.09. The molecule has 0 aliphatic rings. The van der Waals surface area contributed by atoms with E-state index >= 15 is 0 Å². The molecule has 1 aromatic carbocycles. The van der Waals surface area contributed by atoms with Gasteiger partial charge in [-0.1, -0.05) is 12.1 Å². The van der Waals surface area contributed by atoms with Crippen LogP contribution in [0.15, 0.2) is 24.3 Å². The van der Waals surface area contributed by atoms with Crippen LogP contribution in [0.25, 0.3) is 0 Å². The van der Waals surface area contributed by atoms with Gasteiger partial charge in [0, 0.05) is 12.0 Å². The average Bonchev–Trinajstić information content (AvgIpc) is 2.07. The van der Waals surface area contributed by atoms with E-state index in [4.69, 9.17) is 5.73 Å². The van der Waals surface area contributed by atoms with E-state index in [9.17, 15) is 8.78 Å². The fraction of sp³-hybridized carbons (Fsp3) is 0.455. The van der Waals surface area contributed by atoms with Crippen LogP contribution in [0.4, 0.5) is 8.78 Å². The van der Waals surface area contributed by atoms with Crippen LogP contribution in [0.1, 0.15) is 19.4 Å². The zero-order valence-electron chi connectivity index (χ0n) is 8.43. The lowest BCUT2D eigenvalue weighted by Gasteiger charge is -2.23. The topological polar surface area (TPSA) is 26.0 Å². The van der Waals surface area contributed by atoms with Crippen molar-refractivity contribution in [3.8, 4) is 0 Å². The molecule has 0 radical (unpaired) electrons. The standard InChI is InChI=1S/C11H15F2N/c1-11(2,14)10(13)7-8-3-5-9(12)6-4-8/h3-6,10H,7,14H2,1-2H3. The van der Waals surface area contributed by atoms with Gasteiger partial charge in [-0.3, -0.25) is 0 Å². The zero-order valence-corrected chi connectivity index (χ0v) is 8.43. The quantitative estimate of drug-likeness (QED) is 0.795. The van der Waals surface area contributed by atoms with Crippen LogP contribution in [0.2, 0.25) is 0 Å². The number of benzene rings is 1. The Morgan fingerprint density at radius 2 is 1.79 bits per heavy atom. The molecule has 78 valence electrons. The summed E-state index contributed by atoms with van der Waals surface area (Å²) in [6.07, 6.45) is -0.892.